The molecule has 0 amide bonds. The molecule has 0 saturated heterocycles. The first-order valence-corrected chi connectivity index (χ1v) is 4.96. The molecule has 3 heteroatoms. The van der Waals surface area contributed by atoms with Gasteiger partial charge in [-0.15, -0.1) is 0 Å². The standard InChI is InChI=1S/C11H8BrNO/c12-10-5-4-8(14)7-9(10)11-3-1-2-6-13-11/h1-7,14H. The van der Waals surface area contributed by atoms with E-state index in [4.69, 9.17) is 0 Å². The van der Waals surface area contributed by atoms with Crippen LogP contribution in [-0.2, 0) is 0 Å². The summed E-state index contributed by atoms with van der Waals surface area (Å²) in [6.45, 7) is 0. The van der Waals surface area contributed by atoms with Crippen LogP contribution in [0, 0.1) is 0 Å². The van der Waals surface area contributed by atoms with Crippen molar-refractivity contribution in [2.75, 3.05) is 0 Å². The molecular formula is C11H8BrNO. The fourth-order valence-corrected chi connectivity index (χ4v) is 1.68. The first kappa shape index (κ1) is 9.21. The van der Waals surface area contributed by atoms with Crippen molar-refractivity contribution < 1.29 is 5.11 Å². The molecule has 1 aromatic carbocycles. The average Bonchev–Trinajstić information content (AvgIpc) is 2.23. The van der Waals surface area contributed by atoms with Gasteiger partial charge >= 0.3 is 0 Å². The van der Waals surface area contributed by atoms with E-state index in [9.17, 15) is 5.11 Å². The van der Waals surface area contributed by atoms with Crippen LogP contribution in [0.5, 0.6) is 5.75 Å². The third-order valence-electron chi connectivity index (χ3n) is 1.89. The van der Waals surface area contributed by atoms with Gasteiger partial charge in [-0.3, -0.25) is 4.98 Å². The number of phenols is 1. The van der Waals surface area contributed by atoms with Gasteiger partial charge in [-0.1, -0.05) is 22.0 Å². The second-order valence-corrected chi connectivity index (χ2v) is 3.73. The number of halogens is 1. The van der Waals surface area contributed by atoms with Gasteiger partial charge in [0.25, 0.3) is 0 Å². The van der Waals surface area contributed by atoms with Gasteiger partial charge in [0.2, 0.25) is 0 Å². The van der Waals surface area contributed by atoms with Crippen molar-refractivity contribution in [3.63, 3.8) is 0 Å². The molecule has 2 aromatic rings. The Bertz CT molecular complexity index is 442. The molecule has 1 heterocycles. The van der Waals surface area contributed by atoms with Gasteiger partial charge < -0.3 is 5.11 Å². The van der Waals surface area contributed by atoms with Gasteiger partial charge in [-0.25, -0.2) is 0 Å². The van der Waals surface area contributed by atoms with Gasteiger partial charge in [-0.2, -0.15) is 0 Å². The molecule has 0 aliphatic heterocycles. The topological polar surface area (TPSA) is 33.1 Å². The first-order valence-electron chi connectivity index (χ1n) is 4.17. The highest BCUT2D eigenvalue weighted by Crippen LogP contribution is 2.29. The Hall–Kier alpha value is -1.35. The molecule has 0 spiro atoms. The van der Waals surface area contributed by atoms with Crippen molar-refractivity contribution in [3.8, 4) is 17.0 Å². The summed E-state index contributed by atoms with van der Waals surface area (Å²) < 4.78 is 0.925. The number of hydrogen-bond donors (Lipinski definition) is 1. The predicted octanol–water partition coefficient (Wildman–Crippen LogP) is 3.22. The van der Waals surface area contributed by atoms with Crippen LogP contribution in [0.2, 0.25) is 0 Å². The molecule has 0 fully saturated rings. The van der Waals surface area contributed by atoms with Gasteiger partial charge in [0.15, 0.2) is 0 Å². The SMILES string of the molecule is Oc1ccc(Br)c(-c2ccccn2)c1. The normalized spacial score (nSPS) is 10.1. The summed E-state index contributed by atoms with van der Waals surface area (Å²) in [5.74, 6) is 0.244. The molecule has 1 aromatic heterocycles. The lowest BCUT2D eigenvalue weighted by atomic mass is 10.1. The molecule has 1 N–H and O–H groups in total. The monoisotopic (exact) mass is 249 g/mol. The van der Waals surface area contributed by atoms with Crippen molar-refractivity contribution in [3.05, 3.63) is 47.1 Å². The van der Waals surface area contributed by atoms with E-state index in [2.05, 4.69) is 20.9 Å². The van der Waals surface area contributed by atoms with Crippen LogP contribution in [0.15, 0.2) is 47.1 Å². The minimum Gasteiger partial charge on any atom is -0.508 e. The van der Waals surface area contributed by atoms with Crippen LogP contribution in [0.3, 0.4) is 0 Å². The lowest BCUT2D eigenvalue weighted by Gasteiger charge is -2.03. The molecule has 0 aliphatic rings. The molecule has 0 radical (unpaired) electrons. The van der Waals surface area contributed by atoms with E-state index in [-0.39, 0.29) is 5.75 Å². The molecule has 2 rings (SSSR count). The quantitative estimate of drug-likeness (QED) is 0.842. The third kappa shape index (κ3) is 1.77. The minimum atomic E-state index is 0.244. The second kappa shape index (κ2) is 3.80. The molecule has 0 unspecified atom stereocenters. The Kier molecular flexibility index (Phi) is 2.50. The zero-order chi connectivity index (χ0) is 9.97. The van der Waals surface area contributed by atoms with Crippen LogP contribution in [0.25, 0.3) is 11.3 Å². The Morgan fingerprint density at radius 3 is 2.71 bits per heavy atom. The van der Waals surface area contributed by atoms with Gasteiger partial charge in [0.05, 0.1) is 5.69 Å². The maximum atomic E-state index is 9.35. The number of nitrogens with zero attached hydrogens (tertiary/aromatic N) is 1. The number of aromatic nitrogens is 1. The second-order valence-electron chi connectivity index (χ2n) is 2.88. The summed E-state index contributed by atoms with van der Waals surface area (Å²) in [6, 6.07) is 10.8. The summed E-state index contributed by atoms with van der Waals surface area (Å²) in [4.78, 5) is 4.21. The summed E-state index contributed by atoms with van der Waals surface area (Å²) >= 11 is 3.42. The van der Waals surface area contributed by atoms with E-state index in [0.29, 0.717) is 0 Å². The fourth-order valence-electron chi connectivity index (χ4n) is 1.23. The Balaban J connectivity index is 2.57. The highest BCUT2D eigenvalue weighted by molar-refractivity contribution is 9.10. The molecular weight excluding hydrogens is 242 g/mol. The van der Waals surface area contributed by atoms with Crippen LogP contribution in [-0.4, -0.2) is 10.1 Å². The van der Waals surface area contributed by atoms with E-state index in [0.717, 1.165) is 15.7 Å². The van der Waals surface area contributed by atoms with E-state index in [1.807, 2.05) is 18.2 Å². The first-order chi connectivity index (χ1) is 6.77. The van der Waals surface area contributed by atoms with Crippen molar-refractivity contribution in [1.29, 1.82) is 0 Å². The largest absolute Gasteiger partial charge is 0.508 e. The molecule has 2 nitrogen and oxygen atoms in total. The molecule has 0 atom stereocenters. The minimum absolute atomic E-state index is 0.244. The van der Waals surface area contributed by atoms with Crippen molar-refractivity contribution in [1.82, 2.24) is 4.98 Å². The number of hydrogen-bond acceptors (Lipinski definition) is 2. The van der Waals surface area contributed by atoms with Gasteiger partial charge in [0, 0.05) is 16.2 Å². The number of phenolic OH excluding ortho intramolecular Hbond substituents is 1. The maximum absolute atomic E-state index is 9.35. The van der Waals surface area contributed by atoms with Crippen LogP contribution < -0.4 is 0 Å². The van der Waals surface area contributed by atoms with Crippen LogP contribution in [0.4, 0.5) is 0 Å². The van der Waals surface area contributed by atoms with Crippen LogP contribution >= 0.6 is 15.9 Å². The zero-order valence-electron chi connectivity index (χ0n) is 7.31. The van der Waals surface area contributed by atoms with E-state index in [1.165, 1.54) is 0 Å². The molecule has 14 heavy (non-hydrogen) atoms. The zero-order valence-corrected chi connectivity index (χ0v) is 8.90. The van der Waals surface area contributed by atoms with E-state index < -0.39 is 0 Å². The fraction of sp³-hybridized carbons (Fsp3) is 0. The molecule has 70 valence electrons. The smallest absolute Gasteiger partial charge is 0.116 e. The van der Waals surface area contributed by atoms with Gasteiger partial charge in [-0.05, 0) is 30.3 Å². The van der Waals surface area contributed by atoms with Crippen molar-refractivity contribution >= 4 is 15.9 Å². The lowest BCUT2D eigenvalue weighted by molar-refractivity contribution is 0.475. The Morgan fingerprint density at radius 2 is 2.00 bits per heavy atom. The number of benzene rings is 1. The van der Waals surface area contributed by atoms with E-state index >= 15 is 0 Å². The lowest BCUT2D eigenvalue weighted by Crippen LogP contribution is -1.82. The van der Waals surface area contributed by atoms with Gasteiger partial charge in [0.1, 0.15) is 5.75 Å². The Labute approximate surface area is 90.4 Å². The predicted molar refractivity (Wildman–Crippen MR) is 59.0 cm³/mol. The number of pyridine rings is 1. The van der Waals surface area contributed by atoms with Crippen molar-refractivity contribution in [2.45, 2.75) is 0 Å². The molecule has 0 saturated carbocycles. The maximum Gasteiger partial charge on any atom is 0.116 e. The molecule has 0 aliphatic carbocycles. The summed E-state index contributed by atoms with van der Waals surface area (Å²) in [6.07, 6.45) is 1.73. The summed E-state index contributed by atoms with van der Waals surface area (Å²) in [5.41, 5.74) is 1.74. The highest BCUT2D eigenvalue weighted by Gasteiger charge is 2.04. The molecule has 0 bridgehead atoms. The average molecular weight is 250 g/mol. The van der Waals surface area contributed by atoms with Crippen molar-refractivity contribution in [2.24, 2.45) is 0 Å². The van der Waals surface area contributed by atoms with Crippen LogP contribution in [0.1, 0.15) is 0 Å². The summed E-state index contributed by atoms with van der Waals surface area (Å²) in [7, 11) is 0. The highest BCUT2D eigenvalue weighted by atomic mass is 79.9. The number of rotatable bonds is 1. The number of aromatic hydroxyl groups is 1. The Morgan fingerprint density at radius 1 is 1.14 bits per heavy atom. The third-order valence-corrected chi connectivity index (χ3v) is 2.58. The van der Waals surface area contributed by atoms with E-state index in [1.54, 1.807) is 24.4 Å². The summed E-state index contributed by atoms with van der Waals surface area (Å²) in [5, 5.41) is 9.35.